The second-order valence-corrected chi connectivity index (χ2v) is 2.39. The van der Waals surface area contributed by atoms with Crippen molar-refractivity contribution in [2.45, 2.75) is 6.92 Å². The number of hydrogen-bond acceptors (Lipinski definition) is 1. The smallest absolute Gasteiger partial charge is 0.0466 e. The zero-order valence-corrected chi connectivity index (χ0v) is 6.89. The molecule has 0 fully saturated rings. The van der Waals surface area contributed by atoms with E-state index in [1.807, 2.05) is 19.3 Å². The van der Waals surface area contributed by atoms with E-state index in [1.54, 1.807) is 13.1 Å². The SMILES string of the molecule is C=Cc1[nH]cc(C)c1C=NC.[HH]. The van der Waals surface area contributed by atoms with Crippen molar-refractivity contribution in [3.05, 3.63) is 29.6 Å². The second kappa shape index (κ2) is 3.19. The Hall–Kier alpha value is -1.31. The molecule has 0 unspecified atom stereocenters. The standard InChI is InChI=1S/C9H12N2.H2/c1-4-9-8(6-10-3)7(2)5-11-9;/h4-6,11H,1H2,2-3H3;1H. The molecule has 0 spiro atoms. The Labute approximate surface area is 68.2 Å². The van der Waals surface area contributed by atoms with Crippen LogP contribution in [0.4, 0.5) is 0 Å². The van der Waals surface area contributed by atoms with Gasteiger partial charge in [-0.15, -0.1) is 0 Å². The van der Waals surface area contributed by atoms with Gasteiger partial charge in [0.1, 0.15) is 0 Å². The number of aryl methyl sites for hydroxylation is 1. The molecule has 1 aromatic rings. The van der Waals surface area contributed by atoms with Crippen LogP contribution in [0.5, 0.6) is 0 Å². The predicted molar refractivity (Wildman–Crippen MR) is 51.3 cm³/mol. The molecule has 2 nitrogen and oxygen atoms in total. The zero-order valence-electron chi connectivity index (χ0n) is 6.89. The normalized spacial score (nSPS) is 10.7. The maximum absolute atomic E-state index is 3.95. The van der Waals surface area contributed by atoms with Gasteiger partial charge in [-0.3, -0.25) is 4.99 Å². The molecule has 2 heteroatoms. The number of hydrogen-bond donors (Lipinski definition) is 1. The maximum Gasteiger partial charge on any atom is 0.0466 e. The molecule has 0 radical (unpaired) electrons. The van der Waals surface area contributed by atoms with Crippen LogP contribution in [0.3, 0.4) is 0 Å². The van der Waals surface area contributed by atoms with Gasteiger partial charge in [-0.05, 0) is 18.6 Å². The summed E-state index contributed by atoms with van der Waals surface area (Å²) < 4.78 is 0. The highest BCUT2D eigenvalue weighted by molar-refractivity contribution is 5.86. The number of aliphatic imine (C=N–C) groups is 1. The van der Waals surface area contributed by atoms with Crippen molar-refractivity contribution >= 4 is 12.3 Å². The molecule has 0 amide bonds. The summed E-state index contributed by atoms with van der Waals surface area (Å²) in [6.07, 6.45) is 5.58. The molecule has 0 aliphatic rings. The molecule has 1 N–H and O–H groups in total. The third-order valence-corrected chi connectivity index (χ3v) is 1.62. The van der Waals surface area contributed by atoms with Crippen LogP contribution in [0, 0.1) is 6.92 Å². The van der Waals surface area contributed by atoms with Crippen molar-refractivity contribution in [1.82, 2.24) is 4.98 Å². The monoisotopic (exact) mass is 150 g/mol. The Morgan fingerprint density at radius 1 is 1.73 bits per heavy atom. The molecule has 1 aromatic heterocycles. The first kappa shape index (κ1) is 7.79. The molecular weight excluding hydrogens is 136 g/mol. The van der Waals surface area contributed by atoms with E-state index in [4.69, 9.17) is 0 Å². The molecule has 0 aliphatic carbocycles. The third-order valence-electron chi connectivity index (χ3n) is 1.62. The summed E-state index contributed by atoms with van der Waals surface area (Å²) in [5.41, 5.74) is 3.36. The number of nitrogens with one attached hydrogen (secondary N) is 1. The summed E-state index contributed by atoms with van der Waals surface area (Å²) >= 11 is 0. The van der Waals surface area contributed by atoms with E-state index in [9.17, 15) is 0 Å². The number of H-pyrrole nitrogens is 1. The van der Waals surface area contributed by atoms with E-state index in [2.05, 4.69) is 16.6 Å². The van der Waals surface area contributed by atoms with Crippen LogP contribution in [0.1, 0.15) is 18.2 Å². The number of aromatic amines is 1. The number of aromatic nitrogens is 1. The van der Waals surface area contributed by atoms with Crippen molar-refractivity contribution in [3.8, 4) is 0 Å². The van der Waals surface area contributed by atoms with Crippen molar-refractivity contribution < 1.29 is 1.43 Å². The summed E-state index contributed by atoms with van der Waals surface area (Å²) in [5.74, 6) is 0. The van der Waals surface area contributed by atoms with E-state index in [1.165, 1.54) is 5.56 Å². The fourth-order valence-electron chi connectivity index (χ4n) is 1.02. The summed E-state index contributed by atoms with van der Waals surface area (Å²) in [6, 6.07) is 0. The van der Waals surface area contributed by atoms with Crippen LogP contribution < -0.4 is 0 Å². The minimum Gasteiger partial charge on any atom is -0.361 e. The lowest BCUT2D eigenvalue weighted by molar-refractivity contribution is 1.36. The van der Waals surface area contributed by atoms with E-state index >= 15 is 0 Å². The van der Waals surface area contributed by atoms with Gasteiger partial charge in [0.25, 0.3) is 0 Å². The molecule has 0 aromatic carbocycles. The van der Waals surface area contributed by atoms with Gasteiger partial charge in [-0.1, -0.05) is 6.58 Å². The second-order valence-electron chi connectivity index (χ2n) is 2.39. The van der Waals surface area contributed by atoms with Gasteiger partial charge in [0.15, 0.2) is 0 Å². The Morgan fingerprint density at radius 2 is 2.45 bits per heavy atom. The van der Waals surface area contributed by atoms with Crippen LogP contribution in [0.2, 0.25) is 0 Å². The average Bonchev–Trinajstić information content (AvgIpc) is 2.34. The van der Waals surface area contributed by atoms with Gasteiger partial charge in [-0.2, -0.15) is 0 Å². The molecule has 0 atom stereocenters. The van der Waals surface area contributed by atoms with E-state index in [-0.39, 0.29) is 1.43 Å². The zero-order chi connectivity index (χ0) is 8.27. The largest absolute Gasteiger partial charge is 0.361 e. The summed E-state index contributed by atoms with van der Waals surface area (Å²) in [5, 5.41) is 0. The lowest BCUT2D eigenvalue weighted by Crippen LogP contribution is -1.84. The first-order chi connectivity index (χ1) is 5.29. The van der Waals surface area contributed by atoms with Crippen LogP contribution in [0.15, 0.2) is 17.8 Å². The highest BCUT2D eigenvalue weighted by atomic mass is 14.7. The summed E-state index contributed by atoms with van der Waals surface area (Å²) in [7, 11) is 1.76. The Kier molecular flexibility index (Phi) is 2.26. The summed E-state index contributed by atoms with van der Waals surface area (Å²) in [6.45, 7) is 5.74. The molecule has 11 heavy (non-hydrogen) atoms. The van der Waals surface area contributed by atoms with Gasteiger partial charge < -0.3 is 4.98 Å². The van der Waals surface area contributed by atoms with Crippen molar-refractivity contribution in [1.29, 1.82) is 0 Å². The molecular formula is C9H14N2. The van der Waals surface area contributed by atoms with Crippen molar-refractivity contribution in [3.63, 3.8) is 0 Å². The van der Waals surface area contributed by atoms with Crippen molar-refractivity contribution in [2.24, 2.45) is 4.99 Å². The van der Waals surface area contributed by atoms with Crippen LogP contribution >= 0.6 is 0 Å². The summed E-state index contributed by atoms with van der Waals surface area (Å²) in [4.78, 5) is 7.05. The van der Waals surface area contributed by atoms with E-state index < -0.39 is 0 Å². The van der Waals surface area contributed by atoms with Crippen LogP contribution in [-0.4, -0.2) is 18.2 Å². The van der Waals surface area contributed by atoms with Gasteiger partial charge in [0.05, 0.1) is 0 Å². The Balaban J connectivity index is 0.00000121. The molecule has 60 valence electrons. The van der Waals surface area contributed by atoms with Gasteiger partial charge >= 0.3 is 0 Å². The maximum atomic E-state index is 3.95. The fraction of sp³-hybridized carbons (Fsp3) is 0.222. The molecule has 0 aliphatic heterocycles. The minimum atomic E-state index is 0. The topological polar surface area (TPSA) is 28.1 Å². The lowest BCUT2D eigenvalue weighted by atomic mass is 10.2. The molecule has 0 bridgehead atoms. The fourth-order valence-corrected chi connectivity index (χ4v) is 1.02. The predicted octanol–water partition coefficient (Wildman–Crippen LogP) is 2.26. The molecule has 0 saturated heterocycles. The third kappa shape index (κ3) is 1.40. The number of rotatable bonds is 2. The Bertz CT molecular complexity index is 287. The van der Waals surface area contributed by atoms with Crippen molar-refractivity contribution in [2.75, 3.05) is 7.05 Å². The molecule has 1 rings (SSSR count). The highest BCUT2D eigenvalue weighted by Gasteiger charge is 2.00. The van der Waals surface area contributed by atoms with Crippen LogP contribution in [0.25, 0.3) is 6.08 Å². The molecule has 0 saturated carbocycles. The minimum absolute atomic E-state index is 0. The lowest BCUT2D eigenvalue weighted by Gasteiger charge is -1.91. The Morgan fingerprint density at radius 3 is 3.00 bits per heavy atom. The first-order valence-electron chi connectivity index (χ1n) is 3.52. The average molecular weight is 150 g/mol. The molecule has 1 heterocycles. The van der Waals surface area contributed by atoms with Gasteiger partial charge in [0, 0.05) is 32.1 Å². The first-order valence-corrected chi connectivity index (χ1v) is 3.52. The highest BCUT2D eigenvalue weighted by Crippen LogP contribution is 2.11. The van der Waals surface area contributed by atoms with Crippen LogP contribution in [-0.2, 0) is 0 Å². The van der Waals surface area contributed by atoms with E-state index in [0.717, 1.165) is 11.3 Å². The van der Waals surface area contributed by atoms with Gasteiger partial charge in [0.2, 0.25) is 0 Å². The quantitative estimate of drug-likeness (QED) is 0.626. The van der Waals surface area contributed by atoms with Gasteiger partial charge in [-0.25, -0.2) is 0 Å². The van der Waals surface area contributed by atoms with E-state index in [0.29, 0.717) is 0 Å². The number of nitrogens with zero attached hydrogens (tertiary/aromatic N) is 1.